The average Bonchev–Trinajstić information content (AvgIpc) is 2.77. The molecule has 2 rings (SSSR count). The van der Waals surface area contributed by atoms with E-state index in [1.54, 1.807) is 13.4 Å². The molecular formula is C9H15N3OS. The first-order valence-corrected chi connectivity index (χ1v) is 5.61. The number of rotatable bonds is 6. The van der Waals surface area contributed by atoms with Crippen molar-refractivity contribution in [2.24, 2.45) is 5.41 Å². The lowest BCUT2D eigenvalue weighted by Gasteiger charge is -2.14. The number of ether oxygens (including phenoxy) is 1. The molecule has 4 nitrogen and oxygen atoms in total. The second kappa shape index (κ2) is 4.23. The van der Waals surface area contributed by atoms with Gasteiger partial charge in [-0.1, -0.05) is 0 Å². The van der Waals surface area contributed by atoms with Crippen LogP contribution in [0.25, 0.3) is 0 Å². The van der Waals surface area contributed by atoms with E-state index in [1.165, 1.54) is 24.4 Å². The predicted molar refractivity (Wildman–Crippen MR) is 56.6 cm³/mol. The van der Waals surface area contributed by atoms with E-state index in [0.717, 1.165) is 24.7 Å². The number of aromatic nitrogens is 2. The topological polar surface area (TPSA) is 47.0 Å². The zero-order chi connectivity index (χ0) is 9.86. The molecule has 0 saturated heterocycles. The molecule has 1 aromatic rings. The Hall–Kier alpha value is -0.680. The predicted octanol–water partition coefficient (Wildman–Crippen LogP) is 1.77. The Morgan fingerprint density at radius 1 is 1.64 bits per heavy atom. The highest BCUT2D eigenvalue weighted by Gasteiger charge is 2.41. The molecule has 1 aliphatic rings. The summed E-state index contributed by atoms with van der Waals surface area (Å²) in [6.07, 6.45) is 5.35. The molecule has 0 radical (unpaired) electrons. The van der Waals surface area contributed by atoms with Gasteiger partial charge in [0.1, 0.15) is 6.33 Å². The molecule has 0 aliphatic heterocycles. The van der Waals surface area contributed by atoms with Gasteiger partial charge in [-0.3, -0.25) is 0 Å². The van der Waals surface area contributed by atoms with E-state index < -0.39 is 0 Å². The second-order valence-corrected chi connectivity index (χ2v) is 4.62. The van der Waals surface area contributed by atoms with Gasteiger partial charge in [-0.2, -0.15) is 4.37 Å². The lowest BCUT2D eigenvalue weighted by molar-refractivity contribution is 0.175. The molecule has 0 amide bonds. The van der Waals surface area contributed by atoms with E-state index in [4.69, 9.17) is 4.74 Å². The van der Waals surface area contributed by atoms with Crippen molar-refractivity contribution in [1.82, 2.24) is 9.36 Å². The molecule has 5 heteroatoms. The van der Waals surface area contributed by atoms with Crippen molar-refractivity contribution in [3.05, 3.63) is 6.33 Å². The maximum atomic E-state index is 5.10. The third-order valence-corrected chi connectivity index (χ3v) is 3.39. The van der Waals surface area contributed by atoms with E-state index in [2.05, 4.69) is 14.7 Å². The molecule has 0 aromatic carbocycles. The maximum absolute atomic E-state index is 5.10. The summed E-state index contributed by atoms with van der Waals surface area (Å²) in [6, 6.07) is 0. The summed E-state index contributed by atoms with van der Waals surface area (Å²) < 4.78 is 9.05. The van der Waals surface area contributed by atoms with E-state index in [1.807, 2.05) is 0 Å². The molecule has 1 aromatic heterocycles. The molecule has 14 heavy (non-hydrogen) atoms. The van der Waals surface area contributed by atoms with Gasteiger partial charge < -0.3 is 10.1 Å². The maximum Gasteiger partial charge on any atom is 0.202 e. The van der Waals surface area contributed by atoms with Gasteiger partial charge in [-0.25, -0.2) is 4.98 Å². The first-order valence-electron chi connectivity index (χ1n) is 4.84. The molecule has 1 heterocycles. The number of nitrogens with one attached hydrogen (secondary N) is 1. The van der Waals surface area contributed by atoms with Gasteiger partial charge in [0.05, 0.1) is 0 Å². The van der Waals surface area contributed by atoms with Crippen molar-refractivity contribution in [3.63, 3.8) is 0 Å². The van der Waals surface area contributed by atoms with Gasteiger partial charge >= 0.3 is 0 Å². The van der Waals surface area contributed by atoms with Crippen LogP contribution in [0.3, 0.4) is 0 Å². The molecule has 0 spiro atoms. The van der Waals surface area contributed by atoms with Crippen LogP contribution in [0.4, 0.5) is 5.13 Å². The lowest BCUT2D eigenvalue weighted by Crippen LogP contribution is -2.17. The van der Waals surface area contributed by atoms with Gasteiger partial charge in [0, 0.05) is 31.8 Å². The van der Waals surface area contributed by atoms with Crippen LogP contribution in [0.5, 0.6) is 0 Å². The highest BCUT2D eigenvalue weighted by molar-refractivity contribution is 7.09. The van der Waals surface area contributed by atoms with Crippen LogP contribution < -0.4 is 5.32 Å². The molecular weight excluding hydrogens is 198 g/mol. The zero-order valence-corrected chi connectivity index (χ0v) is 9.14. The van der Waals surface area contributed by atoms with E-state index in [-0.39, 0.29) is 0 Å². The Balaban J connectivity index is 1.75. The lowest BCUT2D eigenvalue weighted by atomic mass is 10.0. The van der Waals surface area contributed by atoms with Gasteiger partial charge in [-0.05, 0) is 24.7 Å². The summed E-state index contributed by atoms with van der Waals surface area (Å²) in [5, 5.41) is 4.25. The standard InChI is InChI=1S/C9H15N3OS/c1-13-5-4-9(2-3-9)6-10-8-11-7-12-14-8/h7H,2-6H2,1H3,(H,10,11,12). The van der Waals surface area contributed by atoms with Gasteiger partial charge in [0.2, 0.25) is 5.13 Å². The summed E-state index contributed by atoms with van der Waals surface area (Å²) in [7, 11) is 1.76. The van der Waals surface area contributed by atoms with Crippen molar-refractivity contribution in [2.45, 2.75) is 19.3 Å². The van der Waals surface area contributed by atoms with Gasteiger partial charge in [0.15, 0.2) is 0 Å². The van der Waals surface area contributed by atoms with Crippen LogP contribution >= 0.6 is 11.5 Å². The van der Waals surface area contributed by atoms with Crippen LogP contribution in [0.1, 0.15) is 19.3 Å². The van der Waals surface area contributed by atoms with Crippen LogP contribution in [-0.4, -0.2) is 29.6 Å². The average molecular weight is 213 g/mol. The zero-order valence-electron chi connectivity index (χ0n) is 8.32. The number of hydrogen-bond acceptors (Lipinski definition) is 5. The van der Waals surface area contributed by atoms with Crippen LogP contribution in [0.15, 0.2) is 6.33 Å². The SMILES string of the molecule is COCCC1(CNc2ncns2)CC1. The van der Waals surface area contributed by atoms with E-state index in [0.29, 0.717) is 5.41 Å². The Morgan fingerprint density at radius 3 is 3.07 bits per heavy atom. The highest BCUT2D eigenvalue weighted by Crippen LogP contribution is 2.48. The summed E-state index contributed by atoms with van der Waals surface area (Å²) in [6.45, 7) is 1.86. The van der Waals surface area contributed by atoms with Crippen LogP contribution in [0, 0.1) is 5.41 Å². The van der Waals surface area contributed by atoms with Crippen molar-refractivity contribution in [2.75, 3.05) is 25.6 Å². The second-order valence-electron chi connectivity index (χ2n) is 3.84. The Bertz CT molecular complexity index is 272. The van der Waals surface area contributed by atoms with Gasteiger partial charge in [-0.15, -0.1) is 0 Å². The van der Waals surface area contributed by atoms with E-state index in [9.17, 15) is 0 Å². The molecule has 0 bridgehead atoms. The number of hydrogen-bond donors (Lipinski definition) is 1. The third-order valence-electron chi connectivity index (χ3n) is 2.77. The first kappa shape index (κ1) is 9.86. The number of methoxy groups -OCH3 is 1. The Kier molecular flexibility index (Phi) is 2.98. The number of nitrogens with zero attached hydrogens (tertiary/aromatic N) is 2. The smallest absolute Gasteiger partial charge is 0.202 e. The summed E-state index contributed by atoms with van der Waals surface area (Å²) >= 11 is 1.41. The molecule has 1 N–H and O–H groups in total. The van der Waals surface area contributed by atoms with Crippen LogP contribution in [0.2, 0.25) is 0 Å². The quantitative estimate of drug-likeness (QED) is 0.782. The third kappa shape index (κ3) is 2.42. The molecule has 1 saturated carbocycles. The molecule has 0 unspecified atom stereocenters. The molecule has 0 atom stereocenters. The molecule has 1 fully saturated rings. The minimum atomic E-state index is 0.474. The molecule has 1 aliphatic carbocycles. The van der Waals surface area contributed by atoms with E-state index >= 15 is 0 Å². The minimum absolute atomic E-state index is 0.474. The summed E-state index contributed by atoms with van der Waals surface area (Å²) in [5.74, 6) is 0. The molecule has 78 valence electrons. The van der Waals surface area contributed by atoms with Crippen molar-refractivity contribution in [3.8, 4) is 0 Å². The summed E-state index contributed by atoms with van der Waals surface area (Å²) in [4.78, 5) is 4.09. The summed E-state index contributed by atoms with van der Waals surface area (Å²) in [5.41, 5.74) is 0.474. The fourth-order valence-corrected chi connectivity index (χ4v) is 1.95. The largest absolute Gasteiger partial charge is 0.385 e. The van der Waals surface area contributed by atoms with Gasteiger partial charge in [0.25, 0.3) is 0 Å². The first-order chi connectivity index (χ1) is 6.85. The number of anilines is 1. The fraction of sp³-hybridized carbons (Fsp3) is 0.778. The highest BCUT2D eigenvalue weighted by atomic mass is 32.1. The Morgan fingerprint density at radius 2 is 2.50 bits per heavy atom. The van der Waals surface area contributed by atoms with Crippen molar-refractivity contribution in [1.29, 1.82) is 0 Å². The van der Waals surface area contributed by atoms with Crippen molar-refractivity contribution < 1.29 is 4.74 Å². The minimum Gasteiger partial charge on any atom is -0.385 e. The fourth-order valence-electron chi connectivity index (χ4n) is 1.52. The normalized spacial score (nSPS) is 18.1. The van der Waals surface area contributed by atoms with Crippen LogP contribution in [-0.2, 0) is 4.74 Å². The monoisotopic (exact) mass is 213 g/mol. The van der Waals surface area contributed by atoms with Crippen molar-refractivity contribution >= 4 is 16.7 Å². The Labute approximate surface area is 87.9 Å².